The lowest BCUT2D eigenvalue weighted by Gasteiger charge is -2.02. The molecule has 2 aromatic rings. The summed E-state index contributed by atoms with van der Waals surface area (Å²) in [7, 11) is 0. The van der Waals surface area contributed by atoms with Crippen LogP contribution in [0.4, 0.5) is 5.13 Å². The molecule has 0 spiro atoms. The van der Waals surface area contributed by atoms with Gasteiger partial charge in [-0.3, -0.25) is 0 Å². The molecule has 0 radical (unpaired) electrons. The van der Waals surface area contributed by atoms with Gasteiger partial charge in [0.05, 0.1) is 5.69 Å². The molecule has 5 heteroatoms. The number of rotatable bonds is 5. The molecule has 1 aromatic carbocycles. The Balaban J connectivity index is 0.00000180. The molecule has 0 saturated carbocycles. The van der Waals surface area contributed by atoms with E-state index in [0.29, 0.717) is 5.13 Å². The first kappa shape index (κ1) is 16.5. The van der Waals surface area contributed by atoms with Crippen molar-refractivity contribution < 1.29 is 0 Å². The van der Waals surface area contributed by atoms with Crippen molar-refractivity contribution in [2.75, 3.05) is 5.73 Å². The van der Waals surface area contributed by atoms with Crippen LogP contribution in [0.2, 0.25) is 5.02 Å². The van der Waals surface area contributed by atoms with E-state index in [1.807, 2.05) is 12.1 Å². The number of thiazole rings is 1. The number of nitrogens with two attached hydrogens (primary N) is 1. The number of hydrogen-bond acceptors (Lipinski definition) is 3. The van der Waals surface area contributed by atoms with E-state index in [9.17, 15) is 0 Å². The van der Waals surface area contributed by atoms with Crippen LogP contribution in [-0.2, 0) is 12.8 Å². The molecule has 0 fully saturated rings. The number of nitrogens with zero attached hydrogens (tertiary/aromatic N) is 1. The minimum absolute atomic E-state index is 0. The van der Waals surface area contributed by atoms with Crippen molar-refractivity contribution in [2.24, 2.45) is 0 Å². The van der Waals surface area contributed by atoms with Gasteiger partial charge in [-0.15, -0.1) is 28.3 Å². The molecule has 2 nitrogen and oxygen atoms in total. The molecule has 104 valence electrons. The minimum Gasteiger partial charge on any atom is -0.375 e. The summed E-state index contributed by atoms with van der Waals surface area (Å²) in [5.74, 6) is 0. The number of hydrogen-bond donors (Lipinski definition) is 1. The summed E-state index contributed by atoms with van der Waals surface area (Å²) in [6.45, 7) is 2.19. The van der Waals surface area contributed by atoms with Gasteiger partial charge in [-0.05, 0) is 30.5 Å². The number of aryl methyl sites for hydroxylation is 1. The fraction of sp³-hybridized carbons (Fsp3) is 0.357. The van der Waals surface area contributed by atoms with Crippen molar-refractivity contribution >= 4 is 45.1 Å². The van der Waals surface area contributed by atoms with Crippen molar-refractivity contribution in [2.45, 2.75) is 32.6 Å². The normalized spacial score (nSPS) is 10.2. The van der Waals surface area contributed by atoms with Crippen molar-refractivity contribution in [3.8, 4) is 0 Å². The van der Waals surface area contributed by atoms with Crippen molar-refractivity contribution in [1.29, 1.82) is 0 Å². The van der Waals surface area contributed by atoms with Gasteiger partial charge in [-0.25, -0.2) is 4.98 Å². The third-order valence-corrected chi connectivity index (χ3v) is 4.02. The minimum atomic E-state index is 0. The fourth-order valence-electron chi connectivity index (χ4n) is 1.87. The molecule has 0 unspecified atom stereocenters. The summed E-state index contributed by atoms with van der Waals surface area (Å²) in [5.41, 5.74) is 8.23. The van der Waals surface area contributed by atoms with E-state index in [4.69, 9.17) is 17.3 Å². The number of halogens is 2. The Labute approximate surface area is 133 Å². The topological polar surface area (TPSA) is 38.9 Å². The second-order valence-corrected chi connectivity index (χ2v) is 5.88. The maximum absolute atomic E-state index is 5.89. The van der Waals surface area contributed by atoms with Crippen LogP contribution in [0.25, 0.3) is 0 Å². The summed E-state index contributed by atoms with van der Waals surface area (Å²) in [6.07, 6.45) is 4.26. The second-order valence-electron chi connectivity index (χ2n) is 4.33. The third kappa shape index (κ3) is 4.79. The van der Waals surface area contributed by atoms with Crippen LogP contribution in [-0.4, -0.2) is 4.98 Å². The quantitative estimate of drug-likeness (QED) is 0.823. The highest BCUT2D eigenvalue weighted by Crippen LogP contribution is 2.25. The summed E-state index contributed by atoms with van der Waals surface area (Å²) >= 11 is 7.49. The lowest BCUT2D eigenvalue weighted by molar-refractivity contribution is 0.775. The van der Waals surface area contributed by atoms with Gasteiger partial charge >= 0.3 is 0 Å². The maximum Gasteiger partial charge on any atom is 0.180 e. The van der Waals surface area contributed by atoms with Crippen molar-refractivity contribution in [3.05, 3.63) is 45.4 Å². The fourth-order valence-corrected chi connectivity index (χ4v) is 2.91. The Kier molecular flexibility index (Phi) is 6.83. The van der Waals surface area contributed by atoms with E-state index < -0.39 is 0 Å². The molecule has 1 heterocycles. The number of unbranched alkanes of at least 4 members (excludes halogenated alkanes) is 1. The van der Waals surface area contributed by atoms with E-state index >= 15 is 0 Å². The molecule has 1 aromatic heterocycles. The van der Waals surface area contributed by atoms with Gasteiger partial charge in [0.2, 0.25) is 0 Å². The van der Waals surface area contributed by atoms with E-state index in [2.05, 4.69) is 24.0 Å². The number of benzene rings is 1. The van der Waals surface area contributed by atoms with Crippen LogP contribution in [0.5, 0.6) is 0 Å². The van der Waals surface area contributed by atoms with Gasteiger partial charge in [0.15, 0.2) is 5.13 Å². The molecule has 2 rings (SSSR count). The second kappa shape index (κ2) is 7.88. The first-order valence-corrected chi connectivity index (χ1v) is 7.37. The van der Waals surface area contributed by atoms with Gasteiger partial charge in [0.1, 0.15) is 0 Å². The Hall–Kier alpha value is -0.580. The lowest BCUT2D eigenvalue weighted by Crippen LogP contribution is -1.93. The largest absolute Gasteiger partial charge is 0.375 e. The van der Waals surface area contributed by atoms with Gasteiger partial charge in [0, 0.05) is 16.3 Å². The number of aromatic nitrogens is 1. The molecule has 19 heavy (non-hydrogen) atoms. The van der Waals surface area contributed by atoms with Crippen LogP contribution in [0.15, 0.2) is 24.3 Å². The summed E-state index contributed by atoms with van der Waals surface area (Å²) in [5, 5.41) is 1.44. The number of nitrogen functional groups attached to an aromatic ring is 1. The van der Waals surface area contributed by atoms with Crippen LogP contribution >= 0.6 is 39.9 Å². The first-order chi connectivity index (χ1) is 8.69. The Bertz CT molecular complexity index is 511. The van der Waals surface area contributed by atoms with Crippen molar-refractivity contribution in [1.82, 2.24) is 4.98 Å². The van der Waals surface area contributed by atoms with Crippen molar-refractivity contribution in [3.63, 3.8) is 0 Å². The zero-order valence-electron chi connectivity index (χ0n) is 10.9. The van der Waals surface area contributed by atoms with Crippen LogP contribution < -0.4 is 5.73 Å². The Morgan fingerprint density at radius 2 is 1.95 bits per heavy atom. The standard InChI is InChI=1S/C14H17ClN2S.BrH/c1-2-3-4-12-13(18-14(16)17-12)9-10-5-7-11(15)8-6-10;/h5-8H,2-4,9H2,1H3,(H2,16,17);1H. The van der Waals surface area contributed by atoms with Crippen LogP contribution in [0.3, 0.4) is 0 Å². The molecule has 0 bridgehead atoms. The predicted octanol–water partition coefficient (Wildman–Crippen LogP) is 4.89. The summed E-state index contributed by atoms with van der Waals surface area (Å²) in [4.78, 5) is 5.71. The molecule has 0 amide bonds. The van der Waals surface area contributed by atoms with E-state index in [1.54, 1.807) is 11.3 Å². The number of anilines is 1. The van der Waals surface area contributed by atoms with E-state index in [0.717, 1.165) is 30.0 Å². The molecule has 0 saturated heterocycles. The van der Waals surface area contributed by atoms with Gasteiger partial charge in [-0.2, -0.15) is 0 Å². The highest BCUT2D eigenvalue weighted by molar-refractivity contribution is 8.93. The zero-order chi connectivity index (χ0) is 13.0. The SMILES string of the molecule is Br.CCCCc1nc(N)sc1Cc1ccc(Cl)cc1. The molecular weight excluding hydrogens is 344 g/mol. The predicted molar refractivity (Wildman–Crippen MR) is 89.7 cm³/mol. The van der Waals surface area contributed by atoms with Gasteiger partial charge in [0.25, 0.3) is 0 Å². The monoisotopic (exact) mass is 360 g/mol. The molecule has 0 aliphatic carbocycles. The third-order valence-electron chi connectivity index (χ3n) is 2.84. The average molecular weight is 362 g/mol. The average Bonchev–Trinajstić information content (AvgIpc) is 2.70. The summed E-state index contributed by atoms with van der Waals surface area (Å²) in [6, 6.07) is 7.96. The Morgan fingerprint density at radius 1 is 1.26 bits per heavy atom. The molecular formula is C14H18BrClN2S. The van der Waals surface area contributed by atoms with Crippen LogP contribution in [0.1, 0.15) is 35.9 Å². The first-order valence-electron chi connectivity index (χ1n) is 6.17. The zero-order valence-corrected chi connectivity index (χ0v) is 14.1. The Morgan fingerprint density at radius 3 is 2.58 bits per heavy atom. The molecule has 0 atom stereocenters. The summed E-state index contributed by atoms with van der Waals surface area (Å²) < 4.78 is 0. The van der Waals surface area contributed by atoms with Gasteiger partial charge < -0.3 is 5.73 Å². The molecule has 0 aliphatic heterocycles. The smallest absolute Gasteiger partial charge is 0.180 e. The molecule has 2 N–H and O–H groups in total. The highest BCUT2D eigenvalue weighted by atomic mass is 79.9. The highest BCUT2D eigenvalue weighted by Gasteiger charge is 2.09. The molecule has 0 aliphatic rings. The lowest BCUT2D eigenvalue weighted by atomic mass is 10.1. The van der Waals surface area contributed by atoms with Gasteiger partial charge in [-0.1, -0.05) is 37.1 Å². The maximum atomic E-state index is 5.89. The van der Waals surface area contributed by atoms with Crippen LogP contribution in [0, 0.1) is 0 Å². The van der Waals surface area contributed by atoms with E-state index in [1.165, 1.54) is 16.9 Å². The van der Waals surface area contributed by atoms with E-state index in [-0.39, 0.29) is 17.0 Å².